The van der Waals surface area contributed by atoms with E-state index in [4.69, 9.17) is 10.5 Å². The third-order valence-corrected chi connectivity index (χ3v) is 4.01. The van der Waals surface area contributed by atoms with Gasteiger partial charge in [-0.2, -0.15) is 4.52 Å². The zero-order valence-corrected chi connectivity index (χ0v) is 13.0. The van der Waals surface area contributed by atoms with Crippen molar-refractivity contribution in [2.75, 3.05) is 12.3 Å². The van der Waals surface area contributed by atoms with E-state index in [1.165, 1.54) is 5.56 Å². The molecule has 4 rings (SSSR count). The lowest BCUT2D eigenvalue weighted by atomic mass is 10.1. The fourth-order valence-electron chi connectivity index (χ4n) is 2.74. The Morgan fingerprint density at radius 2 is 1.96 bits per heavy atom. The Balaban J connectivity index is 1.80. The highest BCUT2D eigenvalue weighted by molar-refractivity contribution is 5.72. The molecule has 0 aliphatic carbocycles. The number of nitrogen functional groups attached to an aromatic ring is 1. The summed E-state index contributed by atoms with van der Waals surface area (Å²) < 4.78 is 7.30. The highest BCUT2D eigenvalue weighted by atomic mass is 16.5. The van der Waals surface area contributed by atoms with E-state index in [-0.39, 0.29) is 0 Å². The molecule has 5 heteroatoms. The summed E-state index contributed by atoms with van der Waals surface area (Å²) in [5, 5.41) is 4.47. The van der Waals surface area contributed by atoms with Crippen LogP contribution in [0.2, 0.25) is 0 Å². The third kappa shape index (κ3) is 2.54. The molecule has 0 radical (unpaired) electrons. The van der Waals surface area contributed by atoms with Crippen molar-refractivity contribution < 1.29 is 4.74 Å². The van der Waals surface area contributed by atoms with Crippen LogP contribution in [0, 0.1) is 6.92 Å². The quantitative estimate of drug-likeness (QED) is 0.787. The van der Waals surface area contributed by atoms with E-state index in [2.05, 4.69) is 41.3 Å². The number of pyridine rings is 1. The van der Waals surface area contributed by atoms with Crippen molar-refractivity contribution in [3.05, 3.63) is 53.9 Å². The molecular formula is C18H18N4O. The molecule has 0 amide bonds. The fraction of sp³-hybridized carbons (Fsp3) is 0.222. The van der Waals surface area contributed by atoms with Crippen molar-refractivity contribution in [1.29, 1.82) is 0 Å². The second-order valence-corrected chi connectivity index (χ2v) is 5.80. The van der Waals surface area contributed by atoms with Gasteiger partial charge in [0.2, 0.25) is 5.82 Å². The summed E-state index contributed by atoms with van der Waals surface area (Å²) in [4.78, 5) is 4.58. The van der Waals surface area contributed by atoms with Gasteiger partial charge in [-0.15, -0.1) is 5.10 Å². The zero-order chi connectivity index (χ0) is 15.8. The van der Waals surface area contributed by atoms with Crippen LogP contribution in [0.1, 0.15) is 24.2 Å². The van der Waals surface area contributed by atoms with Gasteiger partial charge in [0.15, 0.2) is 11.4 Å². The number of ether oxygens (including phenoxy) is 1. The van der Waals surface area contributed by atoms with Crippen molar-refractivity contribution in [3.63, 3.8) is 0 Å². The Kier molecular flexibility index (Phi) is 3.26. The number of benzene rings is 1. The van der Waals surface area contributed by atoms with E-state index in [0.717, 1.165) is 35.4 Å². The first-order valence-electron chi connectivity index (χ1n) is 7.77. The summed E-state index contributed by atoms with van der Waals surface area (Å²) in [5.41, 5.74) is 10.3. The van der Waals surface area contributed by atoms with Crippen molar-refractivity contribution in [2.24, 2.45) is 0 Å². The van der Waals surface area contributed by atoms with E-state index >= 15 is 0 Å². The number of fused-ring (bicyclic) bond motifs is 1. The summed E-state index contributed by atoms with van der Waals surface area (Å²) in [6, 6.07) is 12.3. The maximum absolute atomic E-state index is 6.17. The Morgan fingerprint density at radius 3 is 2.70 bits per heavy atom. The molecule has 1 aromatic carbocycles. The van der Waals surface area contributed by atoms with E-state index < -0.39 is 0 Å². The normalized spacial score (nSPS) is 14.6. The molecule has 0 spiro atoms. The number of hydrogen-bond donors (Lipinski definition) is 1. The molecular weight excluding hydrogens is 288 g/mol. The van der Waals surface area contributed by atoms with Crippen molar-refractivity contribution >= 4 is 17.2 Å². The van der Waals surface area contributed by atoms with Crippen LogP contribution in [-0.4, -0.2) is 21.2 Å². The average molecular weight is 306 g/mol. The molecule has 0 bridgehead atoms. The first-order valence-corrected chi connectivity index (χ1v) is 7.77. The molecule has 1 aliphatic rings. The van der Waals surface area contributed by atoms with Crippen LogP contribution in [0.25, 0.3) is 22.5 Å². The standard InChI is InChI=1S/C18H18N4O/c1-12-5-7-13(8-6-12)14-10-16(19)22-17(11-14)20-18(21-22)15-4-2-3-9-23-15/h4-8,10-11H,2-3,9,19H2,1H3. The topological polar surface area (TPSA) is 65.4 Å². The molecule has 3 aromatic rings. The maximum atomic E-state index is 6.17. The van der Waals surface area contributed by atoms with Crippen LogP contribution in [0.3, 0.4) is 0 Å². The zero-order valence-electron chi connectivity index (χ0n) is 13.0. The minimum Gasteiger partial charge on any atom is -0.490 e. The number of nitrogens with two attached hydrogens (primary N) is 1. The van der Waals surface area contributed by atoms with Gasteiger partial charge in [0.05, 0.1) is 6.61 Å². The summed E-state index contributed by atoms with van der Waals surface area (Å²) in [7, 11) is 0. The lowest BCUT2D eigenvalue weighted by Crippen LogP contribution is -2.02. The molecule has 5 nitrogen and oxygen atoms in total. The van der Waals surface area contributed by atoms with Gasteiger partial charge in [-0.25, -0.2) is 4.98 Å². The van der Waals surface area contributed by atoms with Gasteiger partial charge >= 0.3 is 0 Å². The van der Waals surface area contributed by atoms with Gasteiger partial charge in [0, 0.05) is 0 Å². The SMILES string of the molecule is Cc1ccc(-c2cc(N)n3nc(C4=CCCCO4)nc3c2)cc1. The maximum Gasteiger partial charge on any atom is 0.217 e. The summed E-state index contributed by atoms with van der Waals surface area (Å²) in [6.45, 7) is 2.79. The predicted molar refractivity (Wildman–Crippen MR) is 90.7 cm³/mol. The second kappa shape index (κ2) is 5.43. The molecule has 116 valence electrons. The third-order valence-electron chi connectivity index (χ3n) is 4.01. The van der Waals surface area contributed by atoms with Crippen LogP contribution in [0.4, 0.5) is 5.82 Å². The van der Waals surface area contributed by atoms with Crippen LogP contribution in [-0.2, 0) is 4.74 Å². The molecule has 0 fully saturated rings. The van der Waals surface area contributed by atoms with Crippen molar-refractivity contribution in [1.82, 2.24) is 14.6 Å². The molecule has 2 aromatic heterocycles. The number of aryl methyl sites for hydroxylation is 1. The number of aromatic nitrogens is 3. The Morgan fingerprint density at radius 1 is 1.13 bits per heavy atom. The van der Waals surface area contributed by atoms with E-state index in [1.54, 1.807) is 4.52 Å². The summed E-state index contributed by atoms with van der Waals surface area (Å²) >= 11 is 0. The van der Waals surface area contributed by atoms with Crippen molar-refractivity contribution in [2.45, 2.75) is 19.8 Å². The van der Waals surface area contributed by atoms with Gasteiger partial charge in [-0.05, 0) is 49.1 Å². The summed E-state index contributed by atoms with van der Waals surface area (Å²) in [5.74, 6) is 1.90. The lowest BCUT2D eigenvalue weighted by molar-refractivity contribution is 0.256. The number of anilines is 1. The van der Waals surface area contributed by atoms with E-state index in [9.17, 15) is 0 Å². The Bertz CT molecular complexity index is 893. The molecule has 0 unspecified atom stereocenters. The van der Waals surface area contributed by atoms with Crippen LogP contribution in [0.15, 0.2) is 42.5 Å². The Labute approximate surface area is 134 Å². The number of rotatable bonds is 2. The average Bonchev–Trinajstić information content (AvgIpc) is 3.01. The molecule has 0 atom stereocenters. The number of nitrogens with zero attached hydrogens (tertiary/aromatic N) is 3. The summed E-state index contributed by atoms with van der Waals surface area (Å²) in [6.07, 6.45) is 4.07. The highest BCUT2D eigenvalue weighted by Crippen LogP contribution is 2.25. The van der Waals surface area contributed by atoms with Crippen molar-refractivity contribution in [3.8, 4) is 11.1 Å². The molecule has 3 heterocycles. The smallest absolute Gasteiger partial charge is 0.217 e. The molecule has 23 heavy (non-hydrogen) atoms. The lowest BCUT2D eigenvalue weighted by Gasteiger charge is -2.11. The molecule has 1 aliphatic heterocycles. The van der Waals surface area contributed by atoms with Gasteiger partial charge in [-0.3, -0.25) is 0 Å². The van der Waals surface area contributed by atoms with Gasteiger partial charge < -0.3 is 10.5 Å². The number of hydrogen-bond acceptors (Lipinski definition) is 4. The number of allylic oxidation sites excluding steroid dienone is 1. The molecule has 2 N–H and O–H groups in total. The minimum atomic E-state index is 0.563. The van der Waals surface area contributed by atoms with Gasteiger partial charge in [-0.1, -0.05) is 29.8 Å². The van der Waals surface area contributed by atoms with Gasteiger partial charge in [0.1, 0.15) is 5.82 Å². The van der Waals surface area contributed by atoms with Crippen LogP contribution in [0.5, 0.6) is 0 Å². The first-order chi connectivity index (χ1) is 11.2. The van der Waals surface area contributed by atoms with Gasteiger partial charge in [0.25, 0.3) is 0 Å². The monoisotopic (exact) mass is 306 g/mol. The van der Waals surface area contributed by atoms with E-state index in [0.29, 0.717) is 18.2 Å². The first kappa shape index (κ1) is 13.8. The van der Waals surface area contributed by atoms with E-state index in [1.807, 2.05) is 18.2 Å². The second-order valence-electron chi connectivity index (χ2n) is 5.80. The Hall–Kier alpha value is -2.82. The highest BCUT2D eigenvalue weighted by Gasteiger charge is 2.15. The molecule has 0 saturated carbocycles. The largest absolute Gasteiger partial charge is 0.490 e. The predicted octanol–water partition coefficient (Wildman–Crippen LogP) is 3.44. The van der Waals surface area contributed by atoms with Crippen LogP contribution >= 0.6 is 0 Å². The van der Waals surface area contributed by atoms with Crippen LogP contribution < -0.4 is 5.73 Å². The fourth-order valence-corrected chi connectivity index (χ4v) is 2.74. The minimum absolute atomic E-state index is 0.563. The molecule has 0 saturated heterocycles.